The molecule has 7 heteroatoms. The lowest BCUT2D eigenvalue weighted by molar-refractivity contribution is 0.0892. The largest absolute Gasteiger partial charge is 0.377 e. The first kappa shape index (κ1) is 17.1. The lowest BCUT2D eigenvalue weighted by Gasteiger charge is -2.36. The van der Waals surface area contributed by atoms with Crippen molar-refractivity contribution < 1.29 is 13.2 Å². The highest BCUT2D eigenvalue weighted by Crippen LogP contribution is 2.21. The van der Waals surface area contributed by atoms with Crippen LogP contribution < -0.4 is 10.0 Å². The van der Waals surface area contributed by atoms with Crippen LogP contribution >= 0.6 is 0 Å². The van der Waals surface area contributed by atoms with E-state index in [1.54, 1.807) is 4.31 Å². The zero-order chi connectivity index (χ0) is 15.3. The predicted octanol–water partition coefficient (Wildman–Crippen LogP) is 0.852. The minimum atomic E-state index is -3.44. The molecule has 2 N–H and O–H groups in total. The van der Waals surface area contributed by atoms with Crippen LogP contribution in [-0.2, 0) is 14.9 Å². The van der Waals surface area contributed by atoms with E-state index in [1.807, 2.05) is 13.8 Å². The molecule has 0 saturated carbocycles. The van der Waals surface area contributed by atoms with Gasteiger partial charge in [0.1, 0.15) is 0 Å². The van der Waals surface area contributed by atoms with E-state index in [1.165, 1.54) is 0 Å². The van der Waals surface area contributed by atoms with Crippen LogP contribution in [0, 0.1) is 0 Å². The van der Waals surface area contributed by atoms with Crippen molar-refractivity contribution in [1.29, 1.82) is 0 Å². The Kier molecular flexibility index (Phi) is 6.43. The van der Waals surface area contributed by atoms with Crippen molar-refractivity contribution in [2.75, 3.05) is 26.2 Å². The van der Waals surface area contributed by atoms with Crippen molar-refractivity contribution in [3.8, 4) is 0 Å². The smallest absolute Gasteiger partial charge is 0.280 e. The third-order valence-electron chi connectivity index (χ3n) is 4.37. The van der Waals surface area contributed by atoms with E-state index in [-0.39, 0.29) is 18.2 Å². The fourth-order valence-corrected chi connectivity index (χ4v) is 4.88. The van der Waals surface area contributed by atoms with Crippen LogP contribution in [-0.4, -0.2) is 57.2 Å². The lowest BCUT2D eigenvalue weighted by Crippen LogP contribution is -2.55. The highest BCUT2D eigenvalue weighted by molar-refractivity contribution is 7.87. The average molecular weight is 319 g/mol. The summed E-state index contributed by atoms with van der Waals surface area (Å²) in [6, 6.07) is -0.105. The third kappa shape index (κ3) is 4.63. The van der Waals surface area contributed by atoms with Gasteiger partial charge in [0, 0.05) is 31.8 Å². The van der Waals surface area contributed by atoms with Gasteiger partial charge in [-0.15, -0.1) is 0 Å². The van der Waals surface area contributed by atoms with Gasteiger partial charge in [-0.2, -0.15) is 17.4 Å². The van der Waals surface area contributed by atoms with Crippen LogP contribution in [0.15, 0.2) is 0 Å². The quantitative estimate of drug-likeness (QED) is 0.730. The Balaban J connectivity index is 1.97. The van der Waals surface area contributed by atoms with Gasteiger partial charge in [0.15, 0.2) is 0 Å². The number of rotatable bonds is 7. The Bertz CT molecular complexity index is 410. The molecule has 0 aliphatic carbocycles. The molecule has 0 aromatic heterocycles. The van der Waals surface area contributed by atoms with Gasteiger partial charge in [-0.1, -0.05) is 13.3 Å². The molecule has 2 saturated heterocycles. The average Bonchev–Trinajstić information content (AvgIpc) is 2.99. The third-order valence-corrected chi connectivity index (χ3v) is 6.14. The van der Waals surface area contributed by atoms with Gasteiger partial charge in [-0.25, -0.2) is 0 Å². The molecule has 0 aromatic rings. The molecule has 0 bridgehead atoms. The summed E-state index contributed by atoms with van der Waals surface area (Å²) < 4.78 is 35.4. The van der Waals surface area contributed by atoms with E-state index in [2.05, 4.69) is 10.0 Å². The highest BCUT2D eigenvalue weighted by atomic mass is 32.2. The molecule has 3 unspecified atom stereocenters. The van der Waals surface area contributed by atoms with Crippen LogP contribution in [0.1, 0.15) is 46.0 Å². The van der Waals surface area contributed by atoms with Gasteiger partial charge in [0.2, 0.25) is 0 Å². The molecule has 0 radical (unpaired) electrons. The van der Waals surface area contributed by atoms with Crippen LogP contribution in [0.3, 0.4) is 0 Å². The molecule has 2 aliphatic rings. The molecule has 2 aliphatic heterocycles. The van der Waals surface area contributed by atoms with Gasteiger partial charge < -0.3 is 10.1 Å². The molecule has 3 atom stereocenters. The Hall–Kier alpha value is -0.210. The molecular weight excluding hydrogens is 290 g/mol. The van der Waals surface area contributed by atoms with Crippen molar-refractivity contribution in [3.05, 3.63) is 0 Å². The monoisotopic (exact) mass is 319 g/mol. The van der Waals surface area contributed by atoms with Crippen LogP contribution in [0.4, 0.5) is 0 Å². The Morgan fingerprint density at radius 2 is 2.10 bits per heavy atom. The summed E-state index contributed by atoms with van der Waals surface area (Å²) in [6.45, 7) is 6.89. The van der Waals surface area contributed by atoms with Crippen molar-refractivity contribution in [1.82, 2.24) is 14.3 Å². The van der Waals surface area contributed by atoms with E-state index in [0.29, 0.717) is 6.54 Å². The van der Waals surface area contributed by atoms with E-state index >= 15 is 0 Å². The Labute approximate surface area is 128 Å². The number of piperidine rings is 1. The van der Waals surface area contributed by atoms with Crippen molar-refractivity contribution in [2.45, 2.75) is 64.1 Å². The maximum atomic E-state index is 12.7. The maximum Gasteiger partial charge on any atom is 0.280 e. The number of likely N-dealkylation sites (N-methyl/N-ethyl adjacent to an activating group) is 1. The van der Waals surface area contributed by atoms with Crippen LogP contribution in [0.2, 0.25) is 0 Å². The number of nitrogens with one attached hydrogen (secondary N) is 2. The van der Waals surface area contributed by atoms with Crippen molar-refractivity contribution >= 4 is 10.2 Å². The lowest BCUT2D eigenvalue weighted by atomic mass is 10.1. The summed E-state index contributed by atoms with van der Waals surface area (Å²) in [7, 11) is -3.44. The number of hydrogen-bond donors (Lipinski definition) is 2. The topological polar surface area (TPSA) is 70.7 Å². The first-order chi connectivity index (χ1) is 10.0. The van der Waals surface area contributed by atoms with Crippen molar-refractivity contribution in [3.63, 3.8) is 0 Å². The molecule has 2 rings (SSSR count). The summed E-state index contributed by atoms with van der Waals surface area (Å²) >= 11 is 0. The molecule has 0 spiro atoms. The molecule has 0 aromatic carbocycles. The summed E-state index contributed by atoms with van der Waals surface area (Å²) in [5.41, 5.74) is 0. The van der Waals surface area contributed by atoms with Gasteiger partial charge in [-0.05, 0) is 39.2 Å². The first-order valence-electron chi connectivity index (χ1n) is 8.16. The number of ether oxygens (including phenoxy) is 1. The fourth-order valence-electron chi connectivity index (χ4n) is 3.18. The summed E-state index contributed by atoms with van der Waals surface area (Å²) in [6.07, 6.45) is 4.94. The Morgan fingerprint density at radius 1 is 1.29 bits per heavy atom. The Morgan fingerprint density at radius 3 is 2.76 bits per heavy atom. The standard InChI is InChI=1S/C14H29N3O3S/c1-3-15-11-13-7-4-5-9-17(13)21(18,19)16-12(2)14-8-6-10-20-14/h12-16H,3-11H2,1-2H3. The molecular formula is C14H29N3O3S. The van der Waals surface area contributed by atoms with Crippen LogP contribution in [0.25, 0.3) is 0 Å². The molecule has 124 valence electrons. The van der Waals surface area contributed by atoms with Gasteiger partial charge in [-0.3, -0.25) is 0 Å². The molecule has 2 heterocycles. The second-order valence-corrected chi connectivity index (χ2v) is 7.69. The van der Waals surface area contributed by atoms with E-state index in [0.717, 1.165) is 51.8 Å². The van der Waals surface area contributed by atoms with Crippen molar-refractivity contribution in [2.24, 2.45) is 0 Å². The molecule has 2 fully saturated rings. The second-order valence-electron chi connectivity index (χ2n) is 6.03. The summed E-state index contributed by atoms with van der Waals surface area (Å²) in [5.74, 6) is 0. The summed E-state index contributed by atoms with van der Waals surface area (Å²) in [4.78, 5) is 0. The number of hydrogen-bond acceptors (Lipinski definition) is 4. The first-order valence-corrected chi connectivity index (χ1v) is 9.60. The minimum absolute atomic E-state index is 0.0109. The normalized spacial score (nSPS) is 29.6. The highest BCUT2D eigenvalue weighted by Gasteiger charge is 2.34. The summed E-state index contributed by atoms with van der Waals surface area (Å²) in [5, 5.41) is 3.27. The molecule has 21 heavy (non-hydrogen) atoms. The minimum Gasteiger partial charge on any atom is -0.377 e. The molecule has 6 nitrogen and oxygen atoms in total. The number of nitrogens with zero attached hydrogens (tertiary/aromatic N) is 1. The van der Waals surface area contributed by atoms with E-state index in [4.69, 9.17) is 4.74 Å². The van der Waals surface area contributed by atoms with E-state index in [9.17, 15) is 8.42 Å². The van der Waals surface area contributed by atoms with Gasteiger partial charge in [0.25, 0.3) is 10.2 Å². The van der Waals surface area contributed by atoms with Crippen LogP contribution in [0.5, 0.6) is 0 Å². The second kappa shape index (κ2) is 7.87. The molecule has 0 amide bonds. The van der Waals surface area contributed by atoms with Gasteiger partial charge >= 0.3 is 0 Å². The SMILES string of the molecule is CCNCC1CCCCN1S(=O)(=O)NC(C)C1CCCO1. The zero-order valence-corrected chi connectivity index (χ0v) is 14.0. The van der Waals surface area contributed by atoms with E-state index < -0.39 is 10.2 Å². The zero-order valence-electron chi connectivity index (χ0n) is 13.2. The van der Waals surface area contributed by atoms with Gasteiger partial charge in [0.05, 0.1) is 6.10 Å². The fraction of sp³-hybridized carbons (Fsp3) is 1.00. The predicted molar refractivity (Wildman–Crippen MR) is 83.4 cm³/mol. The maximum absolute atomic E-state index is 12.7.